The molecule has 0 saturated heterocycles. The van der Waals surface area contributed by atoms with E-state index in [-0.39, 0.29) is 63.0 Å². The van der Waals surface area contributed by atoms with Crippen LogP contribution in [0.3, 0.4) is 0 Å². The summed E-state index contributed by atoms with van der Waals surface area (Å²) in [6, 6.07) is 97.0. The molecule has 13 heterocycles. The molecule has 0 atom stereocenters. The van der Waals surface area contributed by atoms with Gasteiger partial charge in [-0.1, -0.05) is 194 Å². The average molecular weight is 1830 g/mol. The Kier molecular flexibility index (Phi) is 16.6. The van der Waals surface area contributed by atoms with Crippen LogP contribution in [0.25, 0.3) is 221 Å². The van der Waals surface area contributed by atoms with Gasteiger partial charge in [-0.3, -0.25) is 43.4 Å². The van der Waals surface area contributed by atoms with Crippen LogP contribution in [-0.4, -0.2) is 107 Å². The van der Waals surface area contributed by atoms with E-state index in [0.29, 0.717) is 89.3 Å². The van der Waals surface area contributed by atoms with Crippen molar-refractivity contribution in [1.29, 1.82) is 0 Å². The summed E-state index contributed by atoms with van der Waals surface area (Å²) in [5, 5.41) is 8.18. The van der Waals surface area contributed by atoms with Gasteiger partial charge >= 0.3 is 17.1 Å². The average Bonchev–Trinajstić information content (AvgIpc) is 1.55. The van der Waals surface area contributed by atoms with Gasteiger partial charge in [-0.15, -0.1) is 0 Å². The van der Waals surface area contributed by atoms with Crippen molar-refractivity contribution in [2.45, 2.75) is 0 Å². The Balaban J connectivity index is 0.00000927. The molecule has 2 aliphatic heterocycles. The zero-order valence-corrected chi connectivity index (χ0v) is 72.3. The fourth-order valence-electron chi connectivity index (χ4n) is 19.7. The molecule has 11 aromatic heterocycles. The van der Waals surface area contributed by atoms with Crippen molar-refractivity contribution in [3.63, 3.8) is 0 Å². The number of para-hydroxylation sites is 16. The van der Waals surface area contributed by atoms with Crippen molar-refractivity contribution < 1.29 is 17.1 Å². The van der Waals surface area contributed by atoms with Crippen LogP contribution in [0, 0.1) is 0 Å². The van der Waals surface area contributed by atoms with E-state index in [0.717, 1.165) is 131 Å². The Hall–Kier alpha value is -19.4. The van der Waals surface area contributed by atoms with Crippen molar-refractivity contribution in [3.8, 4) is 45.6 Å². The van der Waals surface area contributed by atoms with Gasteiger partial charge < -0.3 is 29.9 Å². The van der Waals surface area contributed by atoms with Gasteiger partial charge in [-0.2, -0.15) is 0 Å². The molecule has 2 aliphatic rings. The van der Waals surface area contributed by atoms with Gasteiger partial charge in [0.1, 0.15) is 50.6 Å². The molecule has 8 N–H and O–H groups in total. The predicted molar refractivity (Wildman–Crippen MR) is 534 cm³/mol. The van der Waals surface area contributed by atoms with Crippen molar-refractivity contribution >= 4 is 221 Å². The Morgan fingerprint density at radius 1 is 0.168 bits per heavy atom. The minimum absolute atomic E-state index is 0. The number of fused-ring (bicyclic) bond motifs is 32. The Bertz CT molecular complexity index is 8880. The molecule has 137 heavy (non-hydrogen) atoms. The van der Waals surface area contributed by atoms with Crippen LogP contribution in [0.1, 0.15) is 0 Å². The first kappa shape index (κ1) is 76.5. The smallest absolute Gasteiger partial charge is 0.357 e. The Labute approximate surface area is 781 Å². The molecular formula is C104H64CuN32. The van der Waals surface area contributed by atoms with Crippen LogP contribution < -0.4 is 53.4 Å². The van der Waals surface area contributed by atoms with E-state index in [9.17, 15) is 0 Å². The van der Waals surface area contributed by atoms with E-state index in [1.807, 2.05) is 280 Å². The molecule has 32 nitrogen and oxygen atoms in total. The zero-order chi connectivity index (χ0) is 88.9. The molecular weight excluding hydrogens is 1760 g/mol. The summed E-state index contributed by atoms with van der Waals surface area (Å²) in [6.07, 6.45) is 14.3. The third-order valence-corrected chi connectivity index (χ3v) is 25.8. The van der Waals surface area contributed by atoms with Crippen molar-refractivity contribution in [2.24, 2.45) is 0 Å². The van der Waals surface area contributed by atoms with E-state index in [1.165, 1.54) is 0 Å². The third kappa shape index (κ3) is 11.8. The predicted octanol–water partition coefficient (Wildman–Crippen LogP) is 20.5. The van der Waals surface area contributed by atoms with Crippen molar-refractivity contribution in [3.05, 3.63) is 342 Å². The normalized spacial score (nSPS) is 12.0. The standard InChI is InChI=1S/C104H64N32.Cu/c1-2-26-58-57(25-1)89(121-129-49-105-65-33-9-17-41-73(65)129)81-82(90(58)122-130-50-106-66-34-10-18-42-74(66)130)98-113-97(81)117-99-83-84(92(124-132-52-108-68-36-12-20-44-76(68)132)60-28-4-3-27-59(60)91(83)123-131-51-107-67-35-11-19-43-75(67)131)101(114-99)119-103-87-88(96(128-136-56-112-72-40-16-24-48-80(72)136)64-32-8-7-31-63(64)95(87)127-135-55-111-71-39-15-23-47-79(71)135)104(116-103)120-102-86-85(100(115-102)118-98)93(125-133-53-109-69-37-13-21-45-77(69)133)61-29-5-6-30-62(61)94(86)126-134-54-110-70-38-14-22-46-78(70)134;/h1-56,121-128H;/q-2;+2. The monoisotopic (exact) mass is 1820 g/mol. The fraction of sp³-hybridized carbons (Fsp3) is 0. The molecule has 0 spiro atoms. The first-order chi connectivity index (χ1) is 67.4. The largest absolute Gasteiger partial charge is 2.00 e. The van der Waals surface area contributed by atoms with E-state index in [1.54, 1.807) is 50.6 Å². The second kappa shape index (κ2) is 29.8. The maximum absolute atomic E-state index is 6.17. The molecule has 33 heteroatoms. The molecule has 1 radical (unpaired) electrons. The van der Waals surface area contributed by atoms with Gasteiger partial charge in [0.2, 0.25) is 0 Å². The van der Waals surface area contributed by atoms with E-state index in [4.69, 9.17) is 79.7 Å². The van der Waals surface area contributed by atoms with Gasteiger partial charge in [0.15, 0.2) is 0 Å². The molecule has 0 fully saturated rings. The first-order valence-electron chi connectivity index (χ1n) is 44.0. The van der Waals surface area contributed by atoms with Crippen molar-refractivity contribution in [1.82, 2.24) is 117 Å². The first-order valence-corrected chi connectivity index (χ1v) is 44.0. The summed E-state index contributed by atoms with van der Waals surface area (Å²) in [4.78, 5) is 88.8. The summed E-state index contributed by atoms with van der Waals surface area (Å²) >= 11 is 0. The van der Waals surface area contributed by atoms with Gasteiger partial charge in [0.05, 0.1) is 157 Å². The number of aromatic nitrogens is 24. The quantitative estimate of drug-likeness (QED) is 0.0329. The number of nitrogens with zero attached hydrogens (tertiary/aromatic N) is 24. The second-order valence-corrected chi connectivity index (χ2v) is 33.4. The Morgan fingerprint density at radius 2 is 0.314 bits per heavy atom. The molecule has 0 unspecified atom stereocenters. The SMILES string of the molecule is [Cu+2].c1ccc2c(c1)ncn2Nc1c2c(c(Nn3cnc4ccccc43)c3ccccc13)-c1nc-2nc2[n-]c(nc3nc(nc4[n-]c(n1)c1c(Nn5cnc6ccccc65)c5ccccc5c(Nn5cnc6ccccc65)c41)-c1c-3c(Nn3cnc4ccccc43)c3ccccc3c1Nn1cnc3ccccc31)c1c(Nn3cnc4ccccc43)c3ccccc3c(Nn3cnc4ccccc43)c21. The Morgan fingerprint density at radius 3 is 0.489 bits per heavy atom. The zero-order valence-electron chi connectivity index (χ0n) is 71.4. The molecule has 0 aliphatic carbocycles. The summed E-state index contributed by atoms with van der Waals surface area (Å²) in [5.74, 6) is 0.728. The summed E-state index contributed by atoms with van der Waals surface area (Å²) < 4.78 is 15.4. The second-order valence-electron chi connectivity index (χ2n) is 33.4. The van der Waals surface area contributed by atoms with Gasteiger partial charge in [0, 0.05) is 109 Å². The number of benzene rings is 16. The molecule has 0 saturated carbocycles. The number of anilines is 8. The number of hydrogen-bond acceptors (Lipinski definition) is 22. The number of nitrogens with one attached hydrogen (secondary N) is 8. The van der Waals surface area contributed by atoms with Gasteiger partial charge in [0.25, 0.3) is 0 Å². The van der Waals surface area contributed by atoms with Crippen LogP contribution in [0.2, 0.25) is 0 Å². The fourth-order valence-corrected chi connectivity index (χ4v) is 19.7. The molecule has 27 aromatic rings. The third-order valence-electron chi connectivity index (χ3n) is 25.8. The maximum Gasteiger partial charge on any atom is 2.00 e. The van der Waals surface area contributed by atoms with Gasteiger partial charge in [-0.25, -0.2) is 87.2 Å². The van der Waals surface area contributed by atoms with Crippen LogP contribution in [0.4, 0.5) is 45.5 Å². The topological polar surface area (TPSA) is 344 Å². The molecule has 8 bridgehead atoms. The molecule has 16 aromatic carbocycles. The minimum Gasteiger partial charge on any atom is -0.357 e. The number of hydrogen-bond donors (Lipinski definition) is 8. The van der Waals surface area contributed by atoms with Crippen LogP contribution in [0.15, 0.2) is 342 Å². The number of imidazole rings is 8. The maximum atomic E-state index is 6.17. The van der Waals surface area contributed by atoms with E-state index >= 15 is 0 Å². The van der Waals surface area contributed by atoms with E-state index < -0.39 is 0 Å². The van der Waals surface area contributed by atoms with Crippen LogP contribution in [0.5, 0.6) is 0 Å². The summed E-state index contributed by atoms with van der Waals surface area (Å²) in [7, 11) is 0. The summed E-state index contributed by atoms with van der Waals surface area (Å²) in [6.45, 7) is 0. The van der Waals surface area contributed by atoms with Crippen LogP contribution in [-0.2, 0) is 17.1 Å². The molecule has 651 valence electrons. The number of rotatable bonds is 16. The minimum atomic E-state index is 0. The van der Waals surface area contributed by atoms with Crippen molar-refractivity contribution in [2.75, 3.05) is 43.4 Å². The van der Waals surface area contributed by atoms with Gasteiger partial charge in [-0.05, 0) is 97.1 Å². The summed E-state index contributed by atoms with van der Waals surface area (Å²) in [5.41, 5.74) is 51.6. The van der Waals surface area contributed by atoms with E-state index in [2.05, 4.69) is 91.9 Å². The molecule has 0 amide bonds. The van der Waals surface area contributed by atoms with Crippen LogP contribution >= 0.6 is 0 Å². The molecule has 29 rings (SSSR count).